The fourth-order valence-corrected chi connectivity index (χ4v) is 1.29. The fraction of sp³-hybridized carbons (Fsp3) is 0.143. The molecule has 1 rings (SSSR count). The summed E-state index contributed by atoms with van der Waals surface area (Å²) in [5.41, 5.74) is 0.178. The fourth-order valence-electron chi connectivity index (χ4n) is 0.849. The van der Waals surface area contributed by atoms with Gasteiger partial charge in [-0.3, -0.25) is 4.10 Å². The molecule has 1 aromatic carbocycles. The molecule has 0 amide bonds. The van der Waals surface area contributed by atoms with E-state index in [-0.39, 0.29) is 5.46 Å². The highest BCUT2D eigenvalue weighted by Gasteiger charge is 2.21. The van der Waals surface area contributed by atoms with Crippen molar-refractivity contribution in [3.05, 3.63) is 30.1 Å². The van der Waals surface area contributed by atoms with Crippen LogP contribution in [0.4, 0.5) is 4.39 Å². The molecule has 0 atom stereocenters. The number of rotatable bonds is 3. The first-order chi connectivity index (χ1) is 6.38. The molecule has 0 saturated heterocycles. The van der Waals surface area contributed by atoms with Crippen molar-refractivity contribution in [1.82, 2.24) is 0 Å². The van der Waals surface area contributed by atoms with E-state index in [2.05, 4.69) is 4.10 Å². The van der Waals surface area contributed by atoms with Gasteiger partial charge in [0.1, 0.15) is 5.82 Å². The van der Waals surface area contributed by atoms with Gasteiger partial charge in [-0.2, -0.15) is 0 Å². The zero-order valence-corrected chi connectivity index (χ0v) is 8.16. The van der Waals surface area contributed by atoms with Crippen molar-refractivity contribution in [2.24, 2.45) is 0 Å². The van der Waals surface area contributed by atoms with E-state index in [4.69, 9.17) is 0 Å². The summed E-state index contributed by atoms with van der Waals surface area (Å²) in [7, 11) is -5.32. The summed E-state index contributed by atoms with van der Waals surface area (Å²) in [4.78, 5) is 0. The number of hydrogen-bond acceptors (Lipinski definition) is 4. The van der Waals surface area contributed by atoms with Crippen LogP contribution < -0.4 is 5.46 Å². The predicted molar refractivity (Wildman–Crippen MR) is 49.9 cm³/mol. The van der Waals surface area contributed by atoms with Crippen LogP contribution in [0.2, 0.25) is 0 Å². The topological polar surface area (TPSA) is 63.6 Å². The molecule has 7 heteroatoms. The van der Waals surface area contributed by atoms with Crippen LogP contribution in [0.25, 0.3) is 0 Å². The highest BCUT2D eigenvalue weighted by atomic mass is 32.2. The second-order valence-corrected chi connectivity index (χ2v) is 4.30. The summed E-state index contributed by atoms with van der Waals surface area (Å²) in [5, 5.41) is 9.22. The second-order valence-electron chi connectivity index (χ2n) is 2.70. The van der Waals surface area contributed by atoms with Crippen molar-refractivity contribution in [1.29, 1.82) is 0 Å². The van der Waals surface area contributed by atoms with Crippen molar-refractivity contribution < 1.29 is 21.9 Å². The van der Waals surface area contributed by atoms with Gasteiger partial charge in [0.2, 0.25) is 0 Å². The van der Waals surface area contributed by atoms with E-state index in [9.17, 15) is 17.8 Å². The van der Waals surface area contributed by atoms with Crippen LogP contribution in [0.15, 0.2) is 24.3 Å². The van der Waals surface area contributed by atoms with E-state index < -0.39 is 23.1 Å². The third-order valence-electron chi connectivity index (χ3n) is 1.42. The monoisotopic (exact) mass is 218 g/mol. The zero-order valence-electron chi connectivity index (χ0n) is 7.34. The predicted octanol–water partition coefficient (Wildman–Crippen LogP) is -0.511. The smallest absolute Gasteiger partial charge is 0.422 e. The first-order valence-corrected chi connectivity index (χ1v) is 5.52. The Labute approximate surface area is 81.6 Å². The van der Waals surface area contributed by atoms with Crippen molar-refractivity contribution in [3.63, 3.8) is 0 Å². The molecular formula is C7H8BFO4S. The van der Waals surface area contributed by atoms with Crippen LogP contribution in [0.1, 0.15) is 0 Å². The number of benzene rings is 1. The first kappa shape index (κ1) is 11.2. The summed E-state index contributed by atoms with van der Waals surface area (Å²) >= 11 is 0. The molecule has 0 aromatic heterocycles. The average molecular weight is 218 g/mol. The van der Waals surface area contributed by atoms with Crippen LogP contribution in [-0.2, 0) is 14.2 Å². The molecular weight excluding hydrogens is 210 g/mol. The Balaban J connectivity index is 2.80. The lowest BCUT2D eigenvalue weighted by Gasteiger charge is -2.05. The van der Waals surface area contributed by atoms with E-state index in [1.54, 1.807) is 0 Å². The van der Waals surface area contributed by atoms with E-state index in [1.807, 2.05) is 0 Å². The highest BCUT2D eigenvalue weighted by molar-refractivity contribution is 7.86. The van der Waals surface area contributed by atoms with Crippen LogP contribution in [0, 0.1) is 5.82 Å². The molecule has 0 saturated carbocycles. The van der Waals surface area contributed by atoms with Crippen molar-refractivity contribution in [3.8, 4) is 0 Å². The van der Waals surface area contributed by atoms with E-state index in [0.29, 0.717) is 0 Å². The molecule has 0 heterocycles. The van der Waals surface area contributed by atoms with Gasteiger partial charge in [0.05, 0.1) is 6.26 Å². The lowest BCUT2D eigenvalue weighted by Crippen LogP contribution is -2.35. The maximum atomic E-state index is 12.4. The number of hydrogen-bond donors (Lipinski definition) is 1. The standard InChI is InChI=1S/C7H8BFO4S/c1-14(11,12)13-8(10)6-2-4-7(9)5-3-6/h2-5,10H,1H3. The van der Waals surface area contributed by atoms with Crippen LogP contribution in [0.5, 0.6) is 0 Å². The molecule has 0 aliphatic rings. The molecule has 0 fully saturated rings. The molecule has 0 radical (unpaired) electrons. The maximum Gasteiger partial charge on any atom is 0.506 e. The highest BCUT2D eigenvalue weighted by Crippen LogP contribution is 1.96. The van der Waals surface area contributed by atoms with Crippen molar-refractivity contribution in [2.75, 3.05) is 6.26 Å². The van der Waals surface area contributed by atoms with Gasteiger partial charge < -0.3 is 5.02 Å². The Hall–Kier alpha value is -0.915. The van der Waals surface area contributed by atoms with E-state index in [0.717, 1.165) is 18.4 Å². The molecule has 0 aliphatic carbocycles. The zero-order chi connectivity index (χ0) is 10.8. The summed E-state index contributed by atoms with van der Waals surface area (Å²) in [6.45, 7) is 0. The van der Waals surface area contributed by atoms with Gasteiger partial charge in [-0.25, -0.2) is 12.8 Å². The minimum Gasteiger partial charge on any atom is -0.422 e. The Kier molecular flexibility index (Phi) is 3.25. The normalized spacial score (nSPS) is 11.4. The van der Waals surface area contributed by atoms with Gasteiger partial charge in [-0.15, -0.1) is 0 Å². The minimum atomic E-state index is -3.73. The molecule has 4 nitrogen and oxygen atoms in total. The molecule has 0 bridgehead atoms. The summed E-state index contributed by atoms with van der Waals surface area (Å²) in [5.74, 6) is -0.472. The van der Waals surface area contributed by atoms with Gasteiger partial charge in [-0.05, 0) is 17.6 Å². The van der Waals surface area contributed by atoms with Gasteiger partial charge in [0, 0.05) is 0 Å². The van der Waals surface area contributed by atoms with Gasteiger partial charge >= 0.3 is 7.12 Å². The molecule has 0 unspecified atom stereocenters. The molecule has 1 aromatic rings. The Morgan fingerprint density at radius 2 is 1.86 bits per heavy atom. The summed E-state index contributed by atoms with van der Waals surface area (Å²) < 4.78 is 38.0. The largest absolute Gasteiger partial charge is 0.506 e. The molecule has 1 N–H and O–H groups in total. The SMILES string of the molecule is CS(=O)(=O)OB(O)c1ccc(F)cc1. The lowest BCUT2D eigenvalue weighted by molar-refractivity contribution is 0.423. The van der Waals surface area contributed by atoms with Crippen LogP contribution >= 0.6 is 0 Å². The molecule has 14 heavy (non-hydrogen) atoms. The third-order valence-corrected chi connectivity index (χ3v) is 1.95. The maximum absolute atomic E-state index is 12.4. The Morgan fingerprint density at radius 1 is 1.36 bits per heavy atom. The van der Waals surface area contributed by atoms with Crippen molar-refractivity contribution >= 4 is 22.7 Å². The quantitative estimate of drug-likeness (QED) is 0.694. The molecule has 76 valence electrons. The lowest BCUT2D eigenvalue weighted by atomic mass is 9.80. The third kappa shape index (κ3) is 3.45. The molecule has 0 aliphatic heterocycles. The Bertz CT molecular complexity index is 402. The second kappa shape index (κ2) is 4.08. The Morgan fingerprint density at radius 3 is 2.29 bits per heavy atom. The van der Waals surface area contributed by atoms with Crippen LogP contribution in [0.3, 0.4) is 0 Å². The summed E-state index contributed by atoms with van der Waals surface area (Å²) in [6, 6.07) is 4.69. The van der Waals surface area contributed by atoms with Crippen molar-refractivity contribution in [2.45, 2.75) is 0 Å². The van der Waals surface area contributed by atoms with E-state index >= 15 is 0 Å². The average Bonchev–Trinajstić information content (AvgIpc) is 2.02. The minimum absolute atomic E-state index is 0.178. The summed E-state index contributed by atoms with van der Waals surface area (Å²) in [6.07, 6.45) is 0.819. The van der Waals surface area contributed by atoms with Gasteiger partial charge in [0.25, 0.3) is 10.1 Å². The number of halogens is 1. The first-order valence-electron chi connectivity index (χ1n) is 3.70. The van der Waals surface area contributed by atoms with Gasteiger partial charge in [0.15, 0.2) is 0 Å². The van der Waals surface area contributed by atoms with Crippen LogP contribution in [-0.4, -0.2) is 26.8 Å². The van der Waals surface area contributed by atoms with E-state index in [1.165, 1.54) is 12.1 Å². The molecule has 0 spiro atoms. The van der Waals surface area contributed by atoms with Gasteiger partial charge in [-0.1, -0.05) is 12.1 Å².